The Kier molecular flexibility index (Phi) is 5.93. The zero-order chi connectivity index (χ0) is 20.2. The van der Waals surface area contributed by atoms with Crippen molar-refractivity contribution in [3.05, 3.63) is 47.5 Å². The predicted octanol–water partition coefficient (Wildman–Crippen LogP) is 2.88. The summed E-state index contributed by atoms with van der Waals surface area (Å²) in [5, 5.41) is 2.68. The van der Waals surface area contributed by atoms with E-state index in [1.54, 1.807) is 20.8 Å². The number of rotatable bonds is 4. The summed E-state index contributed by atoms with van der Waals surface area (Å²) in [5.74, 6) is -2.90. The third-order valence-corrected chi connectivity index (χ3v) is 3.49. The van der Waals surface area contributed by atoms with Gasteiger partial charge in [-0.15, -0.1) is 0 Å². The molecule has 146 valence electrons. The number of carbonyl (C=O) groups excluding carboxylic acids is 3. The van der Waals surface area contributed by atoms with Crippen LogP contribution in [0, 0.1) is 0 Å². The lowest BCUT2D eigenvalue weighted by Crippen LogP contribution is -2.44. The Labute approximate surface area is 158 Å². The van der Waals surface area contributed by atoms with Crippen molar-refractivity contribution < 1.29 is 28.6 Å². The van der Waals surface area contributed by atoms with Crippen LogP contribution in [0.5, 0.6) is 0 Å². The molecule has 0 aliphatic carbocycles. The van der Waals surface area contributed by atoms with Crippen LogP contribution in [0.25, 0.3) is 0 Å². The summed E-state index contributed by atoms with van der Waals surface area (Å²) in [6, 6.07) is 8.68. The van der Waals surface area contributed by atoms with Gasteiger partial charge in [0.15, 0.2) is 0 Å². The number of hydrogen-bond acceptors (Lipinski definition) is 6. The summed E-state index contributed by atoms with van der Waals surface area (Å²) < 4.78 is 15.5. The van der Waals surface area contributed by atoms with E-state index in [0.717, 1.165) is 5.56 Å². The van der Waals surface area contributed by atoms with Gasteiger partial charge in [0, 0.05) is 13.8 Å². The van der Waals surface area contributed by atoms with E-state index in [-0.39, 0.29) is 5.57 Å². The SMILES string of the molecule is CC(C)(C)OC(=O)N[C@H](C=C1C(=O)OC(C)(C)OC1=O)Cc1ccccc1. The van der Waals surface area contributed by atoms with Crippen LogP contribution in [0.2, 0.25) is 0 Å². The Hall–Kier alpha value is -2.83. The van der Waals surface area contributed by atoms with Crippen LogP contribution >= 0.6 is 0 Å². The average Bonchev–Trinajstić information content (AvgIpc) is 2.49. The molecule has 1 atom stereocenters. The van der Waals surface area contributed by atoms with Crippen LogP contribution < -0.4 is 5.32 Å². The van der Waals surface area contributed by atoms with E-state index in [9.17, 15) is 14.4 Å². The second kappa shape index (κ2) is 7.82. The molecule has 7 heteroatoms. The predicted molar refractivity (Wildman–Crippen MR) is 97.6 cm³/mol. The van der Waals surface area contributed by atoms with Crippen molar-refractivity contribution in [2.45, 2.75) is 58.5 Å². The van der Waals surface area contributed by atoms with Crippen LogP contribution in [0.15, 0.2) is 42.0 Å². The van der Waals surface area contributed by atoms with Crippen LogP contribution in [-0.2, 0) is 30.2 Å². The van der Waals surface area contributed by atoms with Gasteiger partial charge in [-0.05, 0) is 38.8 Å². The van der Waals surface area contributed by atoms with Crippen LogP contribution in [-0.4, -0.2) is 35.5 Å². The maximum Gasteiger partial charge on any atom is 0.408 e. The van der Waals surface area contributed by atoms with Crippen molar-refractivity contribution in [3.8, 4) is 0 Å². The van der Waals surface area contributed by atoms with E-state index in [4.69, 9.17) is 14.2 Å². The average molecular weight is 375 g/mol. The minimum Gasteiger partial charge on any atom is -0.444 e. The molecule has 7 nitrogen and oxygen atoms in total. The van der Waals surface area contributed by atoms with Crippen molar-refractivity contribution in [1.29, 1.82) is 0 Å². The van der Waals surface area contributed by atoms with Gasteiger partial charge in [-0.2, -0.15) is 0 Å². The number of amides is 1. The zero-order valence-corrected chi connectivity index (χ0v) is 16.2. The molecule has 1 aromatic carbocycles. The third-order valence-electron chi connectivity index (χ3n) is 3.49. The topological polar surface area (TPSA) is 90.9 Å². The second-order valence-corrected chi connectivity index (χ2v) is 7.70. The van der Waals surface area contributed by atoms with Crippen LogP contribution in [0.4, 0.5) is 4.79 Å². The first-order valence-electron chi connectivity index (χ1n) is 8.67. The van der Waals surface area contributed by atoms with E-state index in [1.807, 2.05) is 30.3 Å². The normalized spacial score (nSPS) is 17.4. The van der Waals surface area contributed by atoms with E-state index in [0.29, 0.717) is 6.42 Å². The minimum atomic E-state index is -1.32. The van der Waals surface area contributed by atoms with Gasteiger partial charge >= 0.3 is 18.0 Å². The third kappa shape index (κ3) is 6.44. The summed E-state index contributed by atoms with van der Waals surface area (Å²) >= 11 is 0. The van der Waals surface area contributed by atoms with Gasteiger partial charge in [-0.25, -0.2) is 14.4 Å². The van der Waals surface area contributed by atoms with Crippen LogP contribution in [0.3, 0.4) is 0 Å². The number of ether oxygens (including phenoxy) is 3. The number of nitrogens with one attached hydrogen (secondary N) is 1. The van der Waals surface area contributed by atoms with Gasteiger partial charge in [0.1, 0.15) is 11.2 Å². The minimum absolute atomic E-state index is 0.258. The Morgan fingerprint density at radius 2 is 1.70 bits per heavy atom. The number of alkyl carbamates (subject to hydrolysis) is 1. The van der Waals surface area contributed by atoms with Gasteiger partial charge < -0.3 is 19.5 Å². The Bertz CT molecular complexity index is 723. The fraction of sp³-hybridized carbons (Fsp3) is 0.450. The molecular weight excluding hydrogens is 350 g/mol. The first-order chi connectivity index (χ1) is 12.5. The maximum atomic E-state index is 12.2. The fourth-order valence-electron chi connectivity index (χ4n) is 2.48. The molecule has 0 bridgehead atoms. The number of hydrogen-bond donors (Lipinski definition) is 1. The molecule has 27 heavy (non-hydrogen) atoms. The summed E-state index contributed by atoms with van der Waals surface area (Å²) in [6.07, 6.45) is 1.04. The molecule has 1 aromatic rings. The molecule has 1 heterocycles. The smallest absolute Gasteiger partial charge is 0.408 e. The van der Waals surface area contributed by atoms with Gasteiger partial charge in [0.25, 0.3) is 5.79 Å². The van der Waals surface area contributed by atoms with Crippen molar-refractivity contribution in [2.24, 2.45) is 0 Å². The molecule has 1 fully saturated rings. The fourth-order valence-corrected chi connectivity index (χ4v) is 2.48. The highest BCUT2D eigenvalue weighted by atomic mass is 16.7. The molecule has 1 amide bonds. The number of benzene rings is 1. The van der Waals surface area contributed by atoms with Gasteiger partial charge in [-0.3, -0.25) is 0 Å². The molecule has 1 aliphatic heterocycles. The molecular formula is C20H25NO6. The highest BCUT2D eigenvalue weighted by Gasteiger charge is 2.39. The molecule has 0 aromatic heterocycles. The molecule has 0 saturated carbocycles. The molecule has 0 unspecified atom stereocenters. The summed E-state index contributed by atoms with van der Waals surface area (Å²) in [6.45, 7) is 8.18. The molecule has 1 saturated heterocycles. The Morgan fingerprint density at radius 3 is 2.22 bits per heavy atom. The standard InChI is InChI=1S/C20H25NO6/c1-19(2,3)27-18(24)21-14(11-13-9-7-6-8-10-13)12-15-16(22)25-20(4,5)26-17(15)23/h6-10,12,14H,11H2,1-5H3,(H,21,24)/t14-/m0/s1. The van der Waals surface area contributed by atoms with Crippen molar-refractivity contribution in [2.75, 3.05) is 0 Å². The molecule has 1 N–H and O–H groups in total. The van der Waals surface area contributed by atoms with E-state index in [1.165, 1.54) is 19.9 Å². The molecule has 2 rings (SSSR count). The summed E-state index contributed by atoms with van der Waals surface area (Å²) in [7, 11) is 0. The Balaban J connectivity index is 2.24. The van der Waals surface area contributed by atoms with Crippen molar-refractivity contribution >= 4 is 18.0 Å². The molecule has 1 aliphatic rings. The highest BCUT2D eigenvalue weighted by molar-refractivity contribution is 6.15. The Morgan fingerprint density at radius 1 is 1.15 bits per heavy atom. The summed E-state index contributed by atoms with van der Waals surface area (Å²) in [4.78, 5) is 36.5. The summed E-state index contributed by atoms with van der Waals surface area (Å²) in [5.41, 5.74) is -0.0269. The van der Waals surface area contributed by atoms with E-state index >= 15 is 0 Å². The monoisotopic (exact) mass is 375 g/mol. The van der Waals surface area contributed by atoms with Crippen LogP contribution in [0.1, 0.15) is 40.2 Å². The molecule has 0 radical (unpaired) electrons. The number of cyclic esters (lactones) is 2. The lowest BCUT2D eigenvalue weighted by atomic mass is 10.0. The lowest BCUT2D eigenvalue weighted by Gasteiger charge is -2.30. The number of carbonyl (C=O) groups is 3. The number of esters is 2. The first-order valence-corrected chi connectivity index (χ1v) is 8.67. The first kappa shape index (κ1) is 20.5. The van der Waals surface area contributed by atoms with Gasteiger partial charge in [0.2, 0.25) is 0 Å². The van der Waals surface area contributed by atoms with E-state index < -0.39 is 35.5 Å². The van der Waals surface area contributed by atoms with Crippen molar-refractivity contribution in [1.82, 2.24) is 5.32 Å². The zero-order valence-electron chi connectivity index (χ0n) is 16.2. The maximum absolute atomic E-state index is 12.2. The van der Waals surface area contributed by atoms with E-state index in [2.05, 4.69) is 5.32 Å². The van der Waals surface area contributed by atoms with Gasteiger partial charge in [0.05, 0.1) is 6.04 Å². The van der Waals surface area contributed by atoms with Gasteiger partial charge in [-0.1, -0.05) is 30.3 Å². The second-order valence-electron chi connectivity index (χ2n) is 7.70. The highest BCUT2D eigenvalue weighted by Crippen LogP contribution is 2.23. The largest absolute Gasteiger partial charge is 0.444 e. The van der Waals surface area contributed by atoms with Crippen molar-refractivity contribution in [3.63, 3.8) is 0 Å². The lowest BCUT2D eigenvalue weighted by molar-refractivity contribution is -0.222. The quantitative estimate of drug-likeness (QED) is 0.494. The molecule has 0 spiro atoms.